The SMILES string of the molecule is CCC(C)(N)C(=O)N1CCCC1C(=O)O. The molecule has 1 aliphatic heterocycles. The molecule has 1 amide bonds. The largest absolute Gasteiger partial charge is 0.480 e. The minimum absolute atomic E-state index is 0.255. The van der Waals surface area contributed by atoms with Crippen molar-refractivity contribution in [3.63, 3.8) is 0 Å². The fourth-order valence-electron chi connectivity index (χ4n) is 1.75. The first-order chi connectivity index (χ1) is 6.90. The summed E-state index contributed by atoms with van der Waals surface area (Å²) in [6.07, 6.45) is 1.78. The number of carbonyl (C=O) groups excluding carboxylic acids is 1. The topological polar surface area (TPSA) is 83.6 Å². The van der Waals surface area contributed by atoms with Gasteiger partial charge in [0.1, 0.15) is 6.04 Å². The summed E-state index contributed by atoms with van der Waals surface area (Å²) in [4.78, 5) is 24.2. The van der Waals surface area contributed by atoms with Gasteiger partial charge < -0.3 is 15.7 Å². The Bertz CT molecular complexity index is 276. The van der Waals surface area contributed by atoms with E-state index in [1.807, 2.05) is 6.92 Å². The van der Waals surface area contributed by atoms with Crippen LogP contribution in [0.2, 0.25) is 0 Å². The monoisotopic (exact) mass is 214 g/mol. The van der Waals surface area contributed by atoms with Crippen LogP contribution in [0, 0.1) is 0 Å². The molecule has 1 fully saturated rings. The van der Waals surface area contributed by atoms with Crippen LogP contribution < -0.4 is 5.73 Å². The van der Waals surface area contributed by atoms with Gasteiger partial charge in [-0.3, -0.25) is 4.79 Å². The van der Waals surface area contributed by atoms with Crippen molar-refractivity contribution in [3.05, 3.63) is 0 Å². The summed E-state index contributed by atoms with van der Waals surface area (Å²) in [5.74, 6) is -1.19. The first kappa shape index (κ1) is 12.0. The fraction of sp³-hybridized carbons (Fsp3) is 0.800. The van der Waals surface area contributed by atoms with Crippen molar-refractivity contribution in [3.8, 4) is 0 Å². The third-order valence-electron chi connectivity index (χ3n) is 3.02. The zero-order chi connectivity index (χ0) is 11.6. The smallest absolute Gasteiger partial charge is 0.326 e. The molecule has 5 nitrogen and oxygen atoms in total. The maximum atomic E-state index is 12.0. The van der Waals surface area contributed by atoms with Crippen LogP contribution in [0.25, 0.3) is 0 Å². The summed E-state index contributed by atoms with van der Waals surface area (Å²) in [6, 6.07) is -0.688. The number of carbonyl (C=O) groups is 2. The highest BCUT2D eigenvalue weighted by molar-refractivity contribution is 5.90. The molecular formula is C10H18N2O3. The number of carboxylic acid groups (broad SMARTS) is 1. The first-order valence-electron chi connectivity index (χ1n) is 5.23. The van der Waals surface area contributed by atoms with E-state index in [4.69, 9.17) is 10.8 Å². The third-order valence-corrected chi connectivity index (χ3v) is 3.02. The highest BCUT2D eigenvalue weighted by Gasteiger charge is 2.40. The second-order valence-electron chi connectivity index (χ2n) is 4.27. The van der Waals surface area contributed by atoms with E-state index in [-0.39, 0.29) is 5.91 Å². The van der Waals surface area contributed by atoms with Crippen molar-refractivity contribution in [1.82, 2.24) is 4.90 Å². The van der Waals surface area contributed by atoms with Gasteiger partial charge in [-0.15, -0.1) is 0 Å². The van der Waals surface area contributed by atoms with Crippen molar-refractivity contribution in [1.29, 1.82) is 0 Å². The molecule has 1 rings (SSSR count). The predicted octanol–water partition coefficient (Wildman–Crippen LogP) is 0.189. The van der Waals surface area contributed by atoms with E-state index in [0.29, 0.717) is 19.4 Å². The number of rotatable bonds is 3. The molecule has 0 spiro atoms. The number of nitrogens with zero attached hydrogens (tertiary/aromatic N) is 1. The van der Waals surface area contributed by atoms with Gasteiger partial charge in [0.2, 0.25) is 5.91 Å². The summed E-state index contributed by atoms with van der Waals surface area (Å²) in [5, 5.41) is 8.94. The molecule has 0 aromatic heterocycles. The molecule has 5 heteroatoms. The van der Waals surface area contributed by atoms with Crippen LogP contribution in [0.15, 0.2) is 0 Å². The number of hydrogen-bond donors (Lipinski definition) is 2. The van der Waals surface area contributed by atoms with Gasteiger partial charge in [0, 0.05) is 6.54 Å². The molecule has 0 aromatic carbocycles. The van der Waals surface area contributed by atoms with Gasteiger partial charge in [-0.2, -0.15) is 0 Å². The number of likely N-dealkylation sites (tertiary alicyclic amines) is 1. The van der Waals surface area contributed by atoms with Crippen LogP contribution in [0.4, 0.5) is 0 Å². The molecular weight excluding hydrogens is 196 g/mol. The molecule has 2 atom stereocenters. The van der Waals surface area contributed by atoms with E-state index < -0.39 is 17.6 Å². The Balaban J connectivity index is 2.79. The molecule has 0 aliphatic carbocycles. The van der Waals surface area contributed by atoms with Crippen molar-refractivity contribution >= 4 is 11.9 Å². The minimum Gasteiger partial charge on any atom is -0.480 e. The molecule has 0 saturated carbocycles. The Morgan fingerprint density at radius 1 is 1.60 bits per heavy atom. The van der Waals surface area contributed by atoms with Gasteiger partial charge in [0.15, 0.2) is 0 Å². The second kappa shape index (κ2) is 4.18. The second-order valence-corrected chi connectivity index (χ2v) is 4.27. The number of carboxylic acids is 1. The summed E-state index contributed by atoms with van der Waals surface area (Å²) in [7, 11) is 0. The quantitative estimate of drug-likeness (QED) is 0.702. The molecule has 3 N–H and O–H groups in total. The van der Waals surface area contributed by atoms with Gasteiger partial charge in [-0.1, -0.05) is 6.92 Å². The Kier molecular flexibility index (Phi) is 3.34. The molecule has 15 heavy (non-hydrogen) atoms. The van der Waals surface area contributed by atoms with Gasteiger partial charge in [0.25, 0.3) is 0 Å². The lowest BCUT2D eigenvalue weighted by molar-refractivity contribution is -0.150. The van der Waals surface area contributed by atoms with E-state index in [9.17, 15) is 9.59 Å². The van der Waals surface area contributed by atoms with E-state index in [0.717, 1.165) is 6.42 Å². The molecule has 0 aromatic rings. The molecule has 0 bridgehead atoms. The zero-order valence-electron chi connectivity index (χ0n) is 9.19. The van der Waals surface area contributed by atoms with Crippen LogP contribution in [0.3, 0.4) is 0 Å². The summed E-state index contributed by atoms with van der Waals surface area (Å²) in [6.45, 7) is 3.97. The standard InChI is InChI=1S/C10H18N2O3/c1-3-10(2,11)9(15)12-6-4-5-7(12)8(13)14/h7H,3-6,11H2,1-2H3,(H,13,14). The summed E-state index contributed by atoms with van der Waals surface area (Å²) in [5.41, 5.74) is 4.87. The highest BCUT2D eigenvalue weighted by atomic mass is 16.4. The molecule has 1 saturated heterocycles. The Hall–Kier alpha value is -1.10. The number of nitrogens with two attached hydrogens (primary N) is 1. The molecule has 0 radical (unpaired) electrons. The molecule has 2 unspecified atom stereocenters. The van der Waals surface area contributed by atoms with Crippen molar-refractivity contribution in [2.75, 3.05) is 6.54 Å². The highest BCUT2D eigenvalue weighted by Crippen LogP contribution is 2.21. The normalized spacial score (nSPS) is 25.0. The van der Waals surface area contributed by atoms with Crippen LogP contribution in [0.1, 0.15) is 33.1 Å². The molecule has 1 aliphatic rings. The zero-order valence-corrected chi connectivity index (χ0v) is 9.19. The number of hydrogen-bond acceptors (Lipinski definition) is 3. The third kappa shape index (κ3) is 2.28. The van der Waals surface area contributed by atoms with Crippen molar-refractivity contribution in [2.24, 2.45) is 5.73 Å². The van der Waals surface area contributed by atoms with Gasteiger partial charge in [-0.05, 0) is 26.2 Å². The maximum absolute atomic E-state index is 12.0. The fourth-order valence-corrected chi connectivity index (χ4v) is 1.75. The maximum Gasteiger partial charge on any atom is 0.326 e. The van der Waals surface area contributed by atoms with E-state index in [1.165, 1.54) is 4.90 Å². The van der Waals surface area contributed by atoms with Crippen LogP contribution >= 0.6 is 0 Å². The summed E-state index contributed by atoms with van der Waals surface area (Å²) < 4.78 is 0. The Morgan fingerprint density at radius 2 is 2.20 bits per heavy atom. The lowest BCUT2D eigenvalue weighted by atomic mass is 9.98. The van der Waals surface area contributed by atoms with Gasteiger partial charge in [-0.25, -0.2) is 4.79 Å². The molecule has 1 heterocycles. The number of amides is 1. The average molecular weight is 214 g/mol. The average Bonchev–Trinajstić information content (AvgIpc) is 2.64. The summed E-state index contributed by atoms with van der Waals surface area (Å²) >= 11 is 0. The van der Waals surface area contributed by atoms with E-state index in [2.05, 4.69) is 0 Å². The van der Waals surface area contributed by atoms with Crippen LogP contribution in [-0.4, -0.2) is 40.0 Å². The van der Waals surface area contributed by atoms with Gasteiger partial charge in [0.05, 0.1) is 5.54 Å². The van der Waals surface area contributed by atoms with Crippen LogP contribution in [0.5, 0.6) is 0 Å². The predicted molar refractivity (Wildman–Crippen MR) is 55.3 cm³/mol. The van der Waals surface area contributed by atoms with E-state index >= 15 is 0 Å². The minimum atomic E-state index is -0.946. The Morgan fingerprint density at radius 3 is 2.67 bits per heavy atom. The lowest BCUT2D eigenvalue weighted by Crippen LogP contribution is -2.55. The lowest BCUT2D eigenvalue weighted by Gasteiger charge is -2.30. The van der Waals surface area contributed by atoms with Gasteiger partial charge >= 0.3 is 5.97 Å². The van der Waals surface area contributed by atoms with Crippen LogP contribution in [-0.2, 0) is 9.59 Å². The van der Waals surface area contributed by atoms with Crippen molar-refractivity contribution < 1.29 is 14.7 Å². The van der Waals surface area contributed by atoms with Crippen molar-refractivity contribution in [2.45, 2.75) is 44.7 Å². The number of aliphatic carboxylic acids is 1. The first-order valence-corrected chi connectivity index (χ1v) is 5.23. The molecule has 86 valence electrons. The Labute approximate surface area is 89.2 Å². The van der Waals surface area contributed by atoms with E-state index in [1.54, 1.807) is 6.92 Å².